The minimum atomic E-state index is -0.604. The van der Waals surface area contributed by atoms with E-state index in [9.17, 15) is 9.90 Å². The number of aryl methyl sites for hydroxylation is 1. The lowest BCUT2D eigenvalue weighted by molar-refractivity contribution is 0.0654. The Morgan fingerprint density at radius 1 is 1.26 bits per heavy atom. The first-order chi connectivity index (χ1) is 13.2. The molecule has 0 bridgehead atoms. The van der Waals surface area contributed by atoms with Crippen LogP contribution < -0.4 is 14.8 Å². The predicted molar refractivity (Wildman–Crippen MR) is 97.9 cm³/mol. The SMILES string of the molecule is O=C(NCCCc1ccco1)N1CC[C@@H](c2ccc3c(c2)OCO3)[C@H](O)C1. The Labute approximate surface area is 157 Å². The maximum Gasteiger partial charge on any atom is 0.317 e. The monoisotopic (exact) mass is 372 g/mol. The van der Waals surface area contributed by atoms with Crippen molar-refractivity contribution in [3.8, 4) is 11.5 Å². The molecule has 4 rings (SSSR count). The Morgan fingerprint density at radius 2 is 2.15 bits per heavy atom. The van der Waals surface area contributed by atoms with Gasteiger partial charge in [0, 0.05) is 32.0 Å². The Morgan fingerprint density at radius 3 is 2.96 bits per heavy atom. The smallest absolute Gasteiger partial charge is 0.317 e. The summed E-state index contributed by atoms with van der Waals surface area (Å²) in [5.74, 6) is 2.36. The number of benzene rings is 1. The van der Waals surface area contributed by atoms with E-state index < -0.39 is 6.10 Å². The molecule has 3 heterocycles. The molecule has 2 aromatic rings. The lowest BCUT2D eigenvalue weighted by Crippen LogP contribution is -2.49. The molecule has 7 heteroatoms. The molecule has 144 valence electrons. The van der Waals surface area contributed by atoms with E-state index in [0.29, 0.717) is 26.1 Å². The van der Waals surface area contributed by atoms with Crippen molar-refractivity contribution in [3.63, 3.8) is 0 Å². The lowest BCUT2D eigenvalue weighted by Gasteiger charge is -2.36. The van der Waals surface area contributed by atoms with Crippen molar-refractivity contribution in [2.24, 2.45) is 0 Å². The number of piperidine rings is 1. The van der Waals surface area contributed by atoms with Crippen LogP contribution in [0.3, 0.4) is 0 Å². The first-order valence-electron chi connectivity index (χ1n) is 9.33. The number of nitrogens with one attached hydrogen (secondary N) is 1. The molecule has 2 aliphatic rings. The number of carbonyl (C=O) groups excluding carboxylic acids is 1. The number of carbonyl (C=O) groups is 1. The molecule has 2 atom stereocenters. The molecule has 2 amide bonds. The number of fused-ring (bicyclic) bond motifs is 1. The highest BCUT2D eigenvalue weighted by molar-refractivity contribution is 5.74. The fraction of sp³-hybridized carbons (Fsp3) is 0.450. The molecule has 1 aromatic heterocycles. The zero-order valence-electron chi connectivity index (χ0n) is 15.1. The zero-order valence-corrected chi connectivity index (χ0v) is 15.1. The maximum atomic E-state index is 12.3. The van der Waals surface area contributed by atoms with Crippen LogP contribution in [0, 0.1) is 0 Å². The normalized spacial score (nSPS) is 21.3. The summed E-state index contributed by atoms with van der Waals surface area (Å²) in [5.41, 5.74) is 1.02. The molecule has 0 aliphatic carbocycles. The van der Waals surface area contributed by atoms with Gasteiger partial charge in [0.05, 0.1) is 12.4 Å². The number of β-amino-alcohol motifs (C(OH)–C–C–N with tert-alkyl or cyclic N) is 1. The number of aliphatic hydroxyl groups is 1. The standard InChI is InChI=1S/C20H24N2O5/c23-17-12-22(20(24)21-8-1-3-15-4-2-10-25-15)9-7-16(17)14-5-6-18-19(11-14)27-13-26-18/h2,4-6,10-11,16-17,23H,1,3,7-9,12-13H2,(H,21,24)/t16-,17+/m0/s1. The van der Waals surface area contributed by atoms with E-state index in [1.54, 1.807) is 11.2 Å². The fourth-order valence-corrected chi connectivity index (χ4v) is 3.67. The summed E-state index contributed by atoms with van der Waals surface area (Å²) in [4.78, 5) is 14.0. The fourth-order valence-electron chi connectivity index (χ4n) is 3.67. The summed E-state index contributed by atoms with van der Waals surface area (Å²) in [6, 6.07) is 9.44. The summed E-state index contributed by atoms with van der Waals surface area (Å²) < 4.78 is 16.0. The lowest BCUT2D eigenvalue weighted by atomic mass is 9.87. The van der Waals surface area contributed by atoms with Crippen LogP contribution in [0.1, 0.15) is 30.1 Å². The van der Waals surface area contributed by atoms with Crippen LogP contribution in [0.2, 0.25) is 0 Å². The number of ether oxygens (including phenoxy) is 2. The van der Waals surface area contributed by atoms with Gasteiger partial charge in [0.15, 0.2) is 11.5 Å². The average molecular weight is 372 g/mol. The van der Waals surface area contributed by atoms with Gasteiger partial charge in [-0.1, -0.05) is 6.07 Å². The van der Waals surface area contributed by atoms with Crippen LogP contribution >= 0.6 is 0 Å². The van der Waals surface area contributed by atoms with Crippen LogP contribution in [0.4, 0.5) is 4.79 Å². The second-order valence-corrected chi connectivity index (χ2v) is 6.94. The van der Waals surface area contributed by atoms with Gasteiger partial charge in [-0.2, -0.15) is 0 Å². The summed E-state index contributed by atoms with van der Waals surface area (Å²) >= 11 is 0. The van der Waals surface area contributed by atoms with E-state index in [-0.39, 0.29) is 18.7 Å². The molecule has 2 N–H and O–H groups in total. The number of furan rings is 1. The van der Waals surface area contributed by atoms with E-state index in [2.05, 4.69) is 5.32 Å². The summed E-state index contributed by atoms with van der Waals surface area (Å²) in [6.45, 7) is 1.75. The van der Waals surface area contributed by atoms with Crippen molar-refractivity contribution in [2.75, 3.05) is 26.4 Å². The van der Waals surface area contributed by atoms with E-state index in [1.807, 2.05) is 30.3 Å². The van der Waals surface area contributed by atoms with Gasteiger partial charge in [0.1, 0.15) is 5.76 Å². The second kappa shape index (κ2) is 7.92. The van der Waals surface area contributed by atoms with Crippen molar-refractivity contribution in [3.05, 3.63) is 47.9 Å². The average Bonchev–Trinajstić information content (AvgIpc) is 3.36. The highest BCUT2D eigenvalue weighted by Crippen LogP contribution is 2.37. The topological polar surface area (TPSA) is 84.2 Å². The zero-order chi connectivity index (χ0) is 18.6. The molecule has 1 saturated heterocycles. The Balaban J connectivity index is 1.26. The van der Waals surface area contributed by atoms with E-state index in [4.69, 9.17) is 13.9 Å². The number of aliphatic hydroxyl groups excluding tert-OH is 1. The van der Waals surface area contributed by atoms with Gasteiger partial charge in [-0.3, -0.25) is 0 Å². The van der Waals surface area contributed by atoms with Gasteiger partial charge < -0.3 is 29.2 Å². The largest absolute Gasteiger partial charge is 0.469 e. The van der Waals surface area contributed by atoms with Gasteiger partial charge in [0.2, 0.25) is 6.79 Å². The molecule has 0 radical (unpaired) electrons. The summed E-state index contributed by atoms with van der Waals surface area (Å²) in [6.07, 6.45) is 3.37. The van der Waals surface area contributed by atoms with Gasteiger partial charge in [0.25, 0.3) is 0 Å². The quantitative estimate of drug-likeness (QED) is 0.788. The van der Waals surface area contributed by atoms with E-state index in [1.165, 1.54) is 0 Å². The molecule has 0 unspecified atom stereocenters. The van der Waals surface area contributed by atoms with Crippen molar-refractivity contribution in [2.45, 2.75) is 31.3 Å². The summed E-state index contributed by atoms with van der Waals surface area (Å²) in [5, 5.41) is 13.5. The highest BCUT2D eigenvalue weighted by atomic mass is 16.7. The van der Waals surface area contributed by atoms with Gasteiger partial charge in [-0.25, -0.2) is 4.79 Å². The summed E-state index contributed by atoms with van der Waals surface area (Å²) in [7, 11) is 0. The third kappa shape index (κ3) is 4.03. The van der Waals surface area contributed by atoms with Crippen molar-refractivity contribution in [1.29, 1.82) is 0 Å². The molecule has 1 aromatic carbocycles. The van der Waals surface area contributed by atoms with Gasteiger partial charge >= 0.3 is 6.03 Å². The number of rotatable bonds is 5. The van der Waals surface area contributed by atoms with E-state index >= 15 is 0 Å². The predicted octanol–water partition coefficient (Wildman–Crippen LogP) is 2.50. The van der Waals surface area contributed by atoms with Crippen LogP contribution in [0.15, 0.2) is 41.0 Å². The van der Waals surface area contributed by atoms with Crippen molar-refractivity contribution in [1.82, 2.24) is 10.2 Å². The molecular weight excluding hydrogens is 348 g/mol. The van der Waals surface area contributed by atoms with Crippen LogP contribution in [-0.2, 0) is 6.42 Å². The molecule has 2 aliphatic heterocycles. The molecule has 1 fully saturated rings. The number of hydrogen-bond donors (Lipinski definition) is 2. The van der Waals surface area contributed by atoms with Crippen LogP contribution in [-0.4, -0.2) is 48.6 Å². The Kier molecular flexibility index (Phi) is 5.20. The number of nitrogens with zero attached hydrogens (tertiary/aromatic N) is 1. The highest BCUT2D eigenvalue weighted by Gasteiger charge is 2.32. The number of hydrogen-bond acceptors (Lipinski definition) is 5. The third-order valence-electron chi connectivity index (χ3n) is 5.15. The minimum absolute atomic E-state index is 0.0116. The first kappa shape index (κ1) is 17.7. The van der Waals surface area contributed by atoms with Gasteiger partial charge in [-0.15, -0.1) is 0 Å². The third-order valence-corrected chi connectivity index (χ3v) is 5.15. The molecule has 27 heavy (non-hydrogen) atoms. The molecular formula is C20H24N2O5. The number of amides is 2. The van der Waals surface area contributed by atoms with Crippen molar-refractivity contribution >= 4 is 6.03 Å². The second-order valence-electron chi connectivity index (χ2n) is 6.94. The van der Waals surface area contributed by atoms with E-state index in [0.717, 1.165) is 35.7 Å². The first-order valence-corrected chi connectivity index (χ1v) is 9.33. The molecule has 7 nitrogen and oxygen atoms in total. The van der Waals surface area contributed by atoms with Gasteiger partial charge in [-0.05, 0) is 42.7 Å². The Bertz CT molecular complexity index is 777. The minimum Gasteiger partial charge on any atom is -0.469 e. The molecule has 0 saturated carbocycles. The molecule has 0 spiro atoms. The van der Waals surface area contributed by atoms with Crippen LogP contribution in [0.5, 0.6) is 11.5 Å². The number of likely N-dealkylation sites (tertiary alicyclic amines) is 1. The van der Waals surface area contributed by atoms with Crippen molar-refractivity contribution < 1.29 is 23.8 Å². The van der Waals surface area contributed by atoms with Crippen LogP contribution in [0.25, 0.3) is 0 Å². The Hall–Kier alpha value is -2.67. The maximum absolute atomic E-state index is 12.3. The number of urea groups is 1.